The second-order valence-electron chi connectivity index (χ2n) is 7.16. The lowest BCUT2D eigenvalue weighted by Gasteiger charge is -2.38. The van der Waals surface area contributed by atoms with Crippen molar-refractivity contribution in [2.75, 3.05) is 26.2 Å². The van der Waals surface area contributed by atoms with Crippen molar-refractivity contribution < 1.29 is 9.53 Å². The van der Waals surface area contributed by atoms with Crippen LogP contribution in [0.3, 0.4) is 0 Å². The number of carbonyl (C=O) groups is 1. The van der Waals surface area contributed by atoms with Crippen LogP contribution >= 0.6 is 12.4 Å². The fraction of sp³-hybridized carbons (Fsp3) is 0.381. The van der Waals surface area contributed by atoms with Gasteiger partial charge in [-0.1, -0.05) is 18.2 Å². The molecule has 2 aliphatic rings. The Morgan fingerprint density at radius 1 is 0.923 bits per heavy atom. The number of carbonyl (C=O) groups excluding carboxylic acids is 1. The first-order valence-corrected chi connectivity index (χ1v) is 9.07. The number of nitrogens with zero attached hydrogens (tertiary/aromatic N) is 1. The predicted molar refractivity (Wildman–Crippen MR) is 105 cm³/mol. The summed E-state index contributed by atoms with van der Waals surface area (Å²) in [6.07, 6.45) is 3.47. The molecular formula is C21H25ClN2O2. The van der Waals surface area contributed by atoms with Crippen LogP contribution in [0.5, 0.6) is 11.5 Å². The number of amides is 1. The third-order valence-corrected chi connectivity index (χ3v) is 5.52. The maximum Gasteiger partial charge on any atom is 0.253 e. The van der Waals surface area contributed by atoms with Gasteiger partial charge in [-0.05, 0) is 67.6 Å². The van der Waals surface area contributed by atoms with E-state index in [0.29, 0.717) is 5.41 Å². The van der Waals surface area contributed by atoms with E-state index in [2.05, 4.69) is 5.32 Å². The van der Waals surface area contributed by atoms with Gasteiger partial charge < -0.3 is 15.0 Å². The quantitative estimate of drug-likeness (QED) is 0.881. The van der Waals surface area contributed by atoms with Gasteiger partial charge in [-0.2, -0.15) is 0 Å². The molecular weight excluding hydrogens is 348 g/mol. The van der Waals surface area contributed by atoms with E-state index in [-0.39, 0.29) is 18.3 Å². The minimum absolute atomic E-state index is 0. The Balaban J connectivity index is 0.00000196. The van der Waals surface area contributed by atoms with E-state index in [1.54, 1.807) is 0 Å². The Kier molecular flexibility index (Phi) is 5.84. The van der Waals surface area contributed by atoms with Crippen molar-refractivity contribution >= 4 is 18.3 Å². The summed E-state index contributed by atoms with van der Waals surface area (Å²) in [6, 6.07) is 17.1. The summed E-state index contributed by atoms with van der Waals surface area (Å²) in [5.41, 5.74) is 1.17. The van der Waals surface area contributed by atoms with E-state index in [4.69, 9.17) is 4.74 Å². The van der Waals surface area contributed by atoms with Crippen molar-refractivity contribution in [3.8, 4) is 11.5 Å². The lowest BCUT2D eigenvalue weighted by Crippen LogP contribution is -2.44. The van der Waals surface area contributed by atoms with Gasteiger partial charge in [0, 0.05) is 25.2 Å². The molecule has 4 rings (SSSR count). The standard InChI is InChI=1S/C21H24N2O2.ClH/c24-20(23-14-11-21(12-15-23)10-13-22-16-21)17-6-8-19(9-7-17)25-18-4-2-1-3-5-18;/h1-9,22H,10-16H2;1H. The van der Waals surface area contributed by atoms with Crippen molar-refractivity contribution in [1.82, 2.24) is 10.2 Å². The Morgan fingerprint density at radius 2 is 1.58 bits per heavy atom. The number of benzene rings is 2. The molecule has 138 valence electrons. The molecule has 26 heavy (non-hydrogen) atoms. The predicted octanol–water partition coefficient (Wildman–Crippen LogP) is 4.12. The zero-order chi connectivity index (χ0) is 17.1. The van der Waals surface area contributed by atoms with Crippen LogP contribution < -0.4 is 10.1 Å². The summed E-state index contributed by atoms with van der Waals surface area (Å²) in [5, 5.41) is 3.47. The minimum Gasteiger partial charge on any atom is -0.457 e. The SMILES string of the molecule is Cl.O=C(c1ccc(Oc2ccccc2)cc1)N1CCC2(CCNC2)CC1. The Bertz CT molecular complexity index is 717. The molecule has 4 nitrogen and oxygen atoms in total. The van der Waals surface area contributed by atoms with Crippen LogP contribution in [0.4, 0.5) is 0 Å². The molecule has 0 aromatic heterocycles. The van der Waals surface area contributed by atoms with Crippen LogP contribution in [0.2, 0.25) is 0 Å². The van der Waals surface area contributed by atoms with E-state index in [1.807, 2.05) is 59.5 Å². The van der Waals surface area contributed by atoms with Gasteiger partial charge in [0.1, 0.15) is 11.5 Å². The van der Waals surface area contributed by atoms with E-state index in [9.17, 15) is 4.79 Å². The summed E-state index contributed by atoms with van der Waals surface area (Å²) >= 11 is 0. The molecule has 2 aromatic rings. The van der Waals surface area contributed by atoms with Gasteiger partial charge in [0.25, 0.3) is 5.91 Å². The lowest BCUT2D eigenvalue weighted by atomic mass is 9.78. The Hall–Kier alpha value is -2.04. The molecule has 2 heterocycles. The van der Waals surface area contributed by atoms with Crippen LogP contribution in [0, 0.1) is 5.41 Å². The monoisotopic (exact) mass is 372 g/mol. The molecule has 1 spiro atoms. The maximum absolute atomic E-state index is 12.7. The van der Waals surface area contributed by atoms with Crippen LogP contribution in [-0.4, -0.2) is 37.0 Å². The van der Waals surface area contributed by atoms with Crippen LogP contribution in [0.15, 0.2) is 54.6 Å². The zero-order valence-electron chi connectivity index (χ0n) is 14.8. The van der Waals surface area contributed by atoms with Gasteiger partial charge in [-0.15, -0.1) is 12.4 Å². The van der Waals surface area contributed by atoms with E-state index in [0.717, 1.165) is 56.1 Å². The van der Waals surface area contributed by atoms with Crippen molar-refractivity contribution in [3.05, 3.63) is 60.2 Å². The Labute approximate surface area is 160 Å². The zero-order valence-corrected chi connectivity index (χ0v) is 15.6. The summed E-state index contributed by atoms with van der Waals surface area (Å²) in [7, 11) is 0. The smallest absolute Gasteiger partial charge is 0.253 e. The highest BCUT2D eigenvalue weighted by atomic mass is 35.5. The first-order chi connectivity index (χ1) is 12.2. The van der Waals surface area contributed by atoms with Gasteiger partial charge in [0.15, 0.2) is 0 Å². The molecule has 2 saturated heterocycles. The second kappa shape index (κ2) is 8.11. The van der Waals surface area contributed by atoms with Crippen LogP contribution in [0.25, 0.3) is 0 Å². The number of hydrogen-bond acceptors (Lipinski definition) is 3. The fourth-order valence-corrected chi connectivity index (χ4v) is 3.88. The summed E-state index contributed by atoms with van der Waals surface area (Å²) in [5.74, 6) is 1.68. The van der Waals surface area contributed by atoms with Crippen molar-refractivity contribution in [2.45, 2.75) is 19.3 Å². The largest absolute Gasteiger partial charge is 0.457 e. The summed E-state index contributed by atoms with van der Waals surface area (Å²) in [6.45, 7) is 3.96. The first kappa shape index (κ1) is 18.7. The molecule has 1 amide bonds. The molecule has 0 unspecified atom stereocenters. The van der Waals surface area contributed by atoms with E-state index in [1.165, 1.54) is 6.42 Å². The van der Waals surface area contributed by atoms with E-state index >= 15 is 0 Å². The Morgan fingerprint density at radius 3 is 2.19 bits per heavy atom. The maximum atomic E-state index is 12.7. The van der Waals surface area contributed by atoms with Gasteiger partial charge in [-0.3, -0.25) is 4.79 Å². The molecule has 2 aromatic carbocycles. The highest BCUT2D eigenvalue weighted by molar-refractivity contribution is 5.94. The molecule has 0 aliphatic carbocycles. The van der Waals surface area contributed by atoms with Gasteiger partial charge in [0.2, 0.25) is 0 Å². The van der Waals surface area contributed by atoms with Crippen molar-refractivity contribution in [1.29, 1.82) is 0 Å². The van der Waals surface area contributed by atoms with Crippen LogP contribution in [-0.2, 0) is 0 Å². The minimum atomic E-state index is 0. The topological polar surface area (TPSA) is 41.6 Å². The fourth-order valence-electron chi connectivity index (χ4n) is 3.88. The number of para-hydroxylation sites is 1. The lowest BCUT2D eigenvalue weighted by molar-refractivity contribution is 0.0607. The van der Waals surface area contributed by atoms with Gasteiger partial charge >= 0.3 is 0 Å². The molecule has 0 saturated carbocycles. The average molecular weight is 373 g/mol. The number of likely N-dealkylation sites (tertiary alicyclic amines) is 1. The summed E-state index contributed by atoms with van der Waals surface area (Å²) in [4.78, 5) is 14.7. The third kappa shape index (κ3) is 4.02. The molecule has 2 fully saturated rings. The van der Waals surface area contributed by atoms with Crippen molar-refractivity contribution in [2.24, 2.45) is 5.41 Å². The molecule has 1 N–H and O–H groups in total. The van der Waals surface area contributed by atoms with Gasteiger partial charge in [0.05, 0.1) is 0 Å². The number of rotatable bonds is 3. The number of piperidine rings is 1. The van der Waals surface area contributed by atoms with Gasteiger partial charge in [-0.25, -0.2) is 0 Å². The highest BCUT2D eigenvalue weighted by Crippen LogP contribution is 2.37. The number of ether oxygens (including phenoxy) is 1. The number of hydrogen-bond donors (Lipinski definition) is 1. The highest BCUT2D eigenvalue weighted by Gasteiger charge is 2.38. The normalized spacial score (nSPS) is 18.4. The average Bonchev–Trinajstić information content (AvgIpc) is 3.11. The second-order valence-corrected chi connectivity index (χ2v) is 7.16. The van der Waals surface area contributed by atoms with E-state index < -0.39 is 0 Å². The molecule has 0 atom stereocenters. The third-order valence-electron chi connectivity index (χ3n) is 5.52. The van der Waals surface area contributed by atoms with Crippen LogP contribution in [0.1, 0.15) is 29.6 Å². The number of halogens is 1. The summed E-state index contributed by atoms with van der Waals surface area (Å²) < 4.78 is 5.79. The number of nitrogens with one attached hydrogen (secondary N) is 1. The molecule has 0 bridgehead atoms. The molecule has 2 aliphatic heterocycles. The van der Waals surface area contributed by atoms with Crippen molar-refractivity contribution in [3.63, 3.8) is 0 Å². The molecule has 0 radical (unpaired) electrons. The molecule has 5 heteroatoms. The first-order valence-electron chi connectivity index (χ1n) is 9.07.